The van der Waals surface area contributed by atoms with Crippen LogP contribution in [-0.4, -0.2) is 30.6 Å². The number of aromatic nitrogens is 1. The van der Waals surface area contributed by atoms with Gasteiger partial charge in [-0.3, -0.25) is 4.98 Å². The van der Waals surface area contributed by atoms with Crippen molar-refractivity contribution in [3.05, 3.63) is 52.6 Å². The van der Waals surface area contributed by atoms with Crippen molar-refractivity contribution in [3.8, 4) is 0 Å². The summed E-state index contributed by atoms with van der Waals surface area (Å²) in [6.07, 6.45) is 1.63. The SMILES string of the molecule is COC(=O)C1=C(C)NC(C)=C(C(=O)OCC(C)C)C1c1ccccn1. The van der Waals surface area contributed by atoms with E-state index in [0.29, 0.717) is 34.8 Å². The normalized spacial score (nSPS) is 17.4. The monoisotopic (exact) mass is 344 g/mol. The Morgan fingerprint density at radius 1 is 1.16 bits per heavy atom. The van der Waals surface area contributed by atoms with Crippen LogP contribution in [0.25, 0.3) is 0 Å². The van der Waals surface area contributed by atoms with Gasteiger partial charge in [0.1, 0.15) is 0 Å². The molecular formula is C19H24N2O4. The Balaban J connectivity index is 2.53. The number of carbonyl (C=O) groups excluding carboxylic acids is 2. The summed E-state index contributed by atoms with van der Waals surface area (Å²) in [5, 5.41) is 3.09. The van der Waals surface area contributed by atoms with Crippen LogP contribution >= 0.6 is 0 Å². The number of carbonyl (C=O) groups is 2. The second kappa shape index (κ2) is 7.96. The van der Waals surface area contributed by atoms with Crippen LogP contribution in [0, 0.1) is 5.92 Å². The summed E-state index contributed by atoms with van der Waals surface area (Å²) in [6.45, 7) is 7.81. The Hall–Kier alpha value is -2.63. The van der Waals surface area contributed by atoms with E-state index in [-0.39, 0.29) is 5.92 Å². The van der Waals surface area contributed by atoms with Crippen molar-refractivity contribution >= 4 is 11.9 Å². The lowest BCUT2D eigenvalue weighted by atomic mass is 9.83. The molecule has 25 heavy (non-hydrogen) atoms. The van der Waals surface area contributed by atoms with E-state index in [9.17, 15) is 9.59 Å². The molecule has 0 fully saturated rings. The highest BCUT2D eigenvalue weighted by molar-refractivity contribution is 5.99. The molecule has 0 spiro atoms. The molecule has 1 aromatic heterocycles. The lowest BCUT2D eigenvalue weighted by molar-refractivity contribution is -0.140. The van der Waals surface area contributed by atoms with Crippen molar-refractivity contribution in [3.63, 3.8) is 0 Å². The molecule has 6 nitrogen and oxygen atoms in total. The number of ether oxygens (including phenoxy) is 2. The summed E-state index contributed by atoms with van der Waals surface area (Å²) in [6, 6.07) is 5.39. The van der Waals surface area contributed by atoms with E-state index in [1.165, 1.54) is 7.11 Å². The second-order valence-corrected chi connectivity index (χ2v) is 6.37. The fraction of sp³-hybridized carbons (Fsp3) is 0.421. The van der Waals surface area contributed by atoms with Gasteiger partial charge in [0.05, 0.1) is 36.5 Å². The molecule has 2 rings (SSSR count). The molecule has 1 aliphatic heterocycles. The fourth-order valence-corrected chi connectivity index (χ4v) is 2.81. The minimum atomic E-state index is -0.630. The van der Waals surface area contributed by atoms with E-state index in [2.05, 4.69) is 10.3 Å². The molecule has 0 aliphatic carbocycles. The summed E-state index contributed by atoms with van der Waals surface area (Å²) < 4.78 is 10.4. The van der Waals surface area contributed by atoms with Crippen LogP contribution in [0.15, 0.2) is 46.9 Å². The summed E-state index contributed by atoms with van der Waals surface area (Å²) in [7, 11) is 1.32. The Labute approximate surface area is 147 Å². The van der Waals surface area contributed by atoms with Gasteiger partial charge in [0.15, 0.2) is 0 Å². The number of nitrogens with zero attached hydrogens (tertiary/aromatic N) is 1. The minimum Gasteiger partial charge on any atom is -0.466 e. The smallest absolute Gasteiger partial charge is 0.336 e. The van der Waals surface area contributed by atoms with Crippen molar-refractivity contribution in [1.82, 2.24) is 10.3 Å². The molecule has 1 aromatic rings. The van der Waals surface area contributed by atoms with Crippen LogP contribution in [0.5, 0.6) is 0 Å². The highest BCUT2D eigenvalue weighted by atomic mass is 16.5. The van der Waals surface area contributed by atoms with Gasteiger partial charge in [-0.05, 0) is 31.9 Å². The third-order valence-electron chi connectivity index (χ3n) is 3.92. The largest absolute Gasteiger partial charge is 0.466 e. The highest BCUT2D eigenvalue weighted by Gasteiger charge is 2.38. The number of allylic oxidation sites excluding steroid dienone is 2. The zero-order valence-corrected chi connectivity index (χ0v) is 15.3. The van der Waals surface area contributed by atoms with E-state index in [1.807, 2.05) is 19.9 Å². The Morgan fingerprint density at radius 2 is 1.80 bits per heavy atom. The first-order valence-electron chi connectivity index (χ1n) is 8.21. The van der Waals surface area contributed by atoms with Gasteiger partial charge in [-0.15, -0.1) is 0 Å². The van der Waals surface area contributed by atoms with Gasteiger partial charge < -0.3 is 14.8 Å². The number of pyridine rings is 1. The third kappa shape index (κ3) is 4.07. The molecule has 0 amide bonds. The van der Waals surface area contributed by atoms with Gasteiger partial charge in [0, 0.05) is 17.6 Å². The van der Waals surface area contributed by atoms with E-state index >= 15 is 0 Å². The molecule has 0 radical (unpaired) electrons. The van der Waals surface area contributed by atoms with Gasteiger partial charge in [-0.25, -0.2) is 9.59 Å². The first kappa shape index (κ1) is 18.7. The van der Waals surface area contributed by atoms with Crippen LogP contribution in [0.2, 0.25) is 0 Å². The summed E-state index contributed by atoms with van der Waals surface area (Å²) in [4.78, 5) is 29.5. The summed E-state index contributed by atoms with van der Waals surface area (Å²) in [5.74, 6) is -1.37. The van der Waals surface area contributed by atoms with E-state index < -0.39 is 17.9 Å². The molecule has 0 saturated heterocycles. The molecule has 0 bridgehead atoms. The van der Waals surface area contributed by atoms with Crippen molar-refractivity contribution in [1.29, 1.82) is 0 Å². The van der Waals surface area contributed by atoms with Crippen LogP contribution in [0.1, 0.15) is 39.3 Å². The quantitative estimate of drug-likeness (QED) is 0.828. The predicted octanol–water partition coefficient (Wildman–Crippen LogP) is 2.69. The molecule has 134 valence electrons. The third-order valence-corrected chi connectivity index (χ3v) is 3.92. The maximum absolute atomic E-state index is 12.7. The zero-order valence-electron chi connectivity index (χ0n) is 15.3. The number of esters is 2. The average molecular weight is 344 g/mol. The first-order valence-corrected chi connectivity index (χ1v) is 8.21. The van der Waals surface area contributed by atoms with Crippen molar-refractivity contribution in [2.24, 2.45) is 5.92 Å². The van der Waals surface area contributed by atoms with Gasteiger partial charge in [-0.2, -0.15) is 0 Å². The molecule has 1 N–H and O–H groups in total. The number of hydrogen-bond donors (Lipinski definition) is 1. The van der Waals surface area contributed by atoms with Crippen LogP contribution in [0.3, 0.4) is 0 Å². The van der Waals surface area contributed by atoms with Crippen molar-refractivity contribution in [2.75, 3.05) is 13.7 Å². The molecule has 1 aliphatic rings. The Bertz CT molecular complexity index is 720. The van der Waals surface area contributed by atoms with Crippen molar-refractivity contribution in [2.45, 2.75) is 33.6 Å². The number of nitrogens with one attached hydrogen (secondary N) is 1. The lowest BCUT2D eigenvalue weighted by Gasteiger charge is -2.29. The zero-order chi connectivity index (χ0) is 18.6. The van der Waals surface area contributed by atoms with Gasteiger partial charge in [-0.1, -0.05) is 19.9 Å². The van der Waals surface area contributed by atoms with E-state index in [4.69, 9.17) is 9.47 Å². The maximum atomic E-state index is 12.7. The van der Waals surface area contributed by atoms with Crippen LogP contribution in [0.4, 0.5) is 0 Å². The molecule has 6 heteroatoms. The van der Waals surface area contributed by atoms with E-state index in [1.54, 1.807) is 32.2 Å². The molecule has 0 saturated carbocycles. The van der Waals surface area contributed by atoms with Gasteiger partial charge >= 0.3 is 11.9 Å². The fourth-order valence-electron chi connectivity index (χ4n) is 2.81. The Kier molecular flexibility index (Phi) is 5.96. The minimum absolute atomic E-state index is 0.215. The standard InChI is InChI=1S/C19H24N2O4/c1-11(2)10-25-19(23)16-13(4)21-12(3)15(18(22)24-5)17(16)14-8-6-7-9-20-14/h6-9,11,17,21H,10H2,1-5H3. The second-order valence-electron chi connectivity index (χ2n) is 6.37. The maximum Gasteiger partial charge on any atom is 0.336 e. The number of dihydropyridines is 1. The molecule has 1 atom stereocenters. The molecule has 0 aromatic carbocycles. The molecular weight excluding hydrogens is 320 g/mol. The van der Waals surface area contributed by atoms with Crippen LogP contribution in [-0.2, 0) is 19.1 Å². The summed E-state index contributed by atoms with van der Waals surface area (Å²) in [5.41, 5.74) is 2.63. The number of methoxy groups -OCH3 is 1. The van der Waals surface area contributed by atoms with Crippen LogP contribution < -0.4 is 5.32 Å². The molecule has 2 heterocycles. The van der Waals surface area contributed by atoms with Gasteiger partial charge in [0.25, 0.3) is 0 Å². The molecule has 1 unspecified atom stereocenters. The highest BCUT2D eigenvalue weighted by Crippen LogP contribution is 2.38. The average Bonchev–Trinajstić information content (AvgIpc) is 2.59. The topological polar surface area (TPSA) is 77.5 Å². The van der Waals surface area contributed by atoms with Crippen molar-refractivity contribution < 1.29 is 19.1 Å². The number of hydrogen-bond acceptors (Lipinski definition) is 6. The Morgan fingerprint density at radius 3 is 2.32 bits per heavy atom. The predicted molar refractivity (Wildman–Crippen MR) is 93.3 cm³/mol. The lowest BCUT2D eigenvalue weighted by Crippen LogP contribution is -2.33. The number of rotatable bonds is 5. The van der Waals surface area contributed by atoms with E-state index in [0.717, 1.165) is 0 Å². The van der Waals surface area contributed by atoms with Gasteiger partial charge in [0.2, 0.25) is 0 Å². The summed E-state index contributed by atoms with van der Waals surface area (Å²) >= 11 is 0. The first-order chi connectivity index (χ1) is 11.9.